The zero-order valence-electron chi connectivity index (χ0n) is 18.4. The summed E-state index contributed by atoms with van der Waals surface area (Å²) < 4.78 is 70.0. The van der Waals surface area contributed by atoms with Crippen LogP contribution in [0, 0.1) is 0 Å². The molecule has 11 nitrogen and oxygen atoms in total. The average Bonchev–Trinajstić information content (AvgIpc) is 3.32. The van der Waals surface area contributed by atoms with Crippen molar-refractivity contribution in [3.05, 3.63) is 30.5 Å². The molecule has 3 aromatic rings. The summed E-state index contributed by atoms with van der Waals surface area (Å²) in [5.41, 5.74) is 0.702. The highest BCUT2D eigenvalue weighted by molar-refractivity contribution is 7.88. The van der Waals surface area contributed by atoms with Crippen molar-refractivity contribution in [3.8, 4) is 11.4 Å². The van der Waals surface area contributed by atoms with Crippen molar-refractivity contribution in [1.82, 2.24) is 24.1 Å². The normalized spacial score (nSPS) is 21.6. The van der Waals surface area contributed by atoms with E-state index in [-0.39, 0.29) is 43.9 Å². The number of halogens is 3. The molecule has 2 atom stereocenters. The van der Waals surface area contributed by atoms with E-state index in [0.29, 0.717) is 22.5 Å². The highest BCUT2D eigenvalue weighted by Gasteiger charge is 2.36. The predicted molar refractivity (Wildman–Crippen MR) is 120 cm³/mol. The minimum absolute atomic E-state index is 0.0148. The SMILES string of the molecule is CS(=O)(=O)N1CC(Nc2nc(N3C[C@H](O)[C@@H](F)C3)c3cnn(-c4cccc(OC(F)F)c4)c3n2)C1. The third-order valence-corrected chi connectivity index (χ3v) is 7.10. The number of aliphatic hydroxyl groups is 1. The minimum Gasteiger partial charge on any atom is -0.435 e. The molecule has 0 bridgehead atoms. The lowest BCUT2D eigenvalue weighted by Gasteiger charge is -2.37. The van der Waals surface area contributed by atoms with Crippen LogP contribution in [-0.4, -0.2) is 94.9 Å². The zero-order valence-corrected chi connectivity index (χ0v) is 19.2. The molecule has 35 heavy (non-hydrogen) atoms. The Hall–Kier alpha value is -3.17. The fourth-order valence-corrected chi connectivity index (χ4v) is 4.98. The van der Waals surface area contributed by atoms with Crippen molar-refractivity contribution in [3.63, 3.8) is 0 Å². The molecule has 2 aromatic heterocycles. The van der Waals surface area contributed by atoms with Crippen molar-refractivity contribution in [1.29, 1.82) is 0 Å². The summed E-state index contributed by atoms with van der Waals surface area (Å²) in [4.78, 5) is 10.6. The third kappa shape index (κ3) is 4.70. The molecule has 4 heterocycles. The summed E-state index contributed by atoms with van der Waals surface area (Å²) in [6.45, 7) is -2.59. The number of nitrogens with one attached hydrogen (secondary N) is 1. The van der Waals surface area contributed by atoms with Crippen molar-refractivity contribution in [2.75, 3.05) is 42.7 Å². The van der Waals surface area contributed by atoms with Gasteiger partial charge in [0.15, 0.2) is 5.65 Å². The van der Waals surface area contributed by atoms with E-state index in [1.54, 1.807) is 11.0 Å². The fourth-order valence-electron chi connectivity index (χ4n) is 4.08. The van der Waals surface area contributed by atoms with Gasteiger partial charge in [0.2, 0.25) is 16.0 Å². The molecule has 15 heteroatoms. The second kappa shape index (κ2) is 8.80. The van der Waals surface area contributed by atoms with E-state index < -0.39 is 28.9 Å². The van der Waals surface area contributed by atoms with Crippen LogP contribution in [0.5, 0.6) is 5.75 Å². The molecule has 2 aliphatic heterocycles. The van der Waals surface area contributed by atoms with Gasteiger partial charge in [0.25, 0.3) is 0 Å². The number of alkyl halides is 3. The first-order valence-corrected chi connectivity index (χ1v) is 12.5. The van der Waals surface area contributed by atoms with Crippen molar-refractivity contribution in [2.24, 2.45) is 0 Å². The van der Waals surface area contributed by atoms with Gasteiger partial charge in [-0.1, -0.05) is 6.07 Å². The highest BCUT2D eigenvalue weighted by atomic mass is 32.2. The molecule has 0 amide bonds. The predicted octanol–water partition coefficient (Wildman–Crippen LogP) is 0.992. The van der Waals surface area contributed by atoms with E-state index in [2.05, 4.69) is 25.1 Å². The number of β-amino-alcohol motifs (C(OH)–C–C–N with tert-alkyl or cyclic N) is 1. The molecule has 1 aromatic carbocycles. The Bertz CT molecular complexity index is 1340. The molecule has 0 radical (unpaired) electrons. The molecule has 2 saturated heterocycles. The van der Waals surface area contributed by atoms with Crippen molar-refractivity contribution >= 4 is 32.8 Å². The fraction of sp³-hybridized carbons (Fsp3) is 0.450. The van der Waals surface area contributed by atoms with Crippen LogP contribution in [0.3, 0.4) is 0 Å². The van der Waals surface area contributed by atoms with E-state index in [4.69, 9.17) is 0 Å². The van der Waals surface area contributed by atoms with Gasteiger partial charge in [0.05, 0.1) is 36.1 Å². The number of sulfonamides is 1. The molecule has 0 unspecified atom stereocenters. The summed E-state index contributed by atoms with van der Waals surface area (Å²) in [7, 11) is -3.31. The number of anilines is 2. The smallest absolute Gasteiger partial charge is 0.387 e. The Kier molecular flexibility index (Phi) is 5.93. The van der Waals surface area contributed by atoms with E-state index in [9.17, 15) is 26.7 Å². The first-order chi connectivity index (χ1) is 16.6. The number of ether oxygens (including phenoxy) is 1. The molecule has 2 fully saturated rings. The van der Waals surface area contributed by atoms with Gasteiger partial charge in [-0.05, 0) is 12.1 Å². The van der Waals surface area contributed by atoms with E-state index in [0.717, 1.165) is 6.26 Å². The van der Waals surface area contributed by atoms with Crippen LogP contribution in [0.2, 0.25) is 0 Å². The summed E-state index contributed by atoms with van der Waals surface area (Å²) in [6.07, 6.45) is -0.0310. The summed E-state index contributed by atoms with van der Waals surface area (Å²) >= 11 is 0. The molecule has 0 spiro atoms. The number of nitrogens with zero attached hydrogens (tertiary/aromatic N) is 6. The molecular weight excluding hydrogens is 491 g/mol. The third-order valence-electron chi connectivity index (χ3n) is 5.87. The Labute approximate surface area is 198 Å². The second-order valence-electron chi connectivity index (χ2n) is 8.45. The lowest BCUT2D eigenvalue weighted by molar-refractivity contribution is -0.0498. The first kappa shape index (κ1) is 23.6. The van der Waals surface area contributed by atoms with E-state index >= 15 is 0 Å². The van der Waals surface area contributed by atoms with Gasteiger partial charge in [-0.25, -0.2) is 17.5 Å². The Morgan fingerprint density at radius 3 is 2.63 bits per heavy atom. The summed E-state index contributed by atoms with van der Waals surface area (Å²) in [5.74, 6) is 0.429. The van der Waals surface area contributed by atoms with Gasteiger partial charge in [0.1, 0.15) is 23.8 Å². The van der Waals surface area contributed by atoms with Crippen LogP contribution in [-0.2, 0) is 10.0 Å². The largest absolute Gasteiger partial charge is 0.435 e. The topological polar surface area (TPSA) is 126 Å². The van der Waals surface area contributed by atoms with Crippen molar-refractivity contribution < 1.29 is 31.4 Å². The zero-order chi connectivity index (χ0) is 24.9. The van der Waals surface area contributed by atoms with E-state index in [1.165, 1.54) is 33.4 Å². The van der Waals surface area contributed by atoms with Crippen LogP contribution in [0.1, 0.15) is 0 Å². The number of aliphatic hydroxyl groups excluding tert-OH is 1. The monoisotopic (exact) mass is 513 g/mol. The molecular formula is C20H22F3N7O4S. The number of hydrogen-bond acceptors (Lipinski definition) is 9. The number of benzene rings is 1. The molecule has 5 rings (SSSR count). The van der Waals surface area contributed by atoms with E-state index in [1.807, 2.05) is 0 Å². The van der Waals surface area contributed by atoms with Crippen LogP contribution in [0.25, 0.3) is 16.7 Å². The van der Waals surface area contributed by atoms with Crippen LogP contribution >= 0.6 is 0 Å². The molecule has 0 saturated carbocycles. The number of hydrogen-bond donors (Lipinski definition) is 2. The Balaban J connectivity index is 1.53. The van der Waals surface area contributed by atoms with Crippen LogP contribution < -0.4 is 15.0 Å². The van der Waals surface area contributed by atoms with Crippen LogP contribution in [0.15, 0.2) is 30.5 Å². The standard InChI is InChI=1S/C20H22F3N7O4S/c1-35(32,33)29-7-11(8-29)25-20-26-17(28-9-15(21)16(31)10-28)14-6-24-30(18(14)27-20)12-3-2-4-13(5-12)34-19(22)23/h2-6,11,15-16,19,31H,7-10H2,1H3,(H,25,26,27)/t15-,16-/m0/s1. The maximum atomic E-state index is 14.1. The number of fused-ring (bicyclic) bond motifs is 1. The van der Waals surface area contributed by atoms with Crippen LogP contribution in [0.4, 0.5) is 24.9 Å². The second-order valence-corrected chi connectivity index (χ2v) is 10.4. The van der Waals surface area contributed by atoms with Gasteiger partial charge >= 0.3 is 6.61 Å². The molecule has 2 N–H and O–H groups in total. The Morgan fingerprint density at radius 1 is 1.20 bits per heavy atom. The summed E-state index contributed by atoms with van der Waals surface area (Å²) in [5, 5.41) is 17.8. The maximum absolute atomic E-state index is 14.1. The van der Waals surface area contributed by atoms with Gasteiger partial charge in [0, 0.05) is 25.7 Å². The average molecular weight is 514 g/mol. The molecule has 2 aliphatic rings. The van der Waals surface area contributed by atoms with Gasteiger partial charge in [-0.15, -0.1) is 0 Å². The highest BCUT2D eigenvalue weighted by Crippen LogP contribution is 2.31. The lowest BCUT2D eigenvalue weighted by Crippen LogP contribution is -2.56. The lowest BCUT2D eigenvalue weighted by atomic mass is 10.2. The van der Waals surface area contributed by atoms with Crippen molar-refractivity contribution in [2.45, 2.75) is 24.9 Å². The number of aromatic nitrogens is 4. The number of rotatable bonds is 7. The molecule has 0 aliphatic carbocycles. The minimum atomic E-state index is -3.31. The van der Waals surface area contributed by atoms with Gasteiger partial charge < -0.3 is 20.1 Å². The van der Waals surface area contributed by atoms with Gasteiger partial charge in [-0.2, -0.15) is 28.2 Å². The Morgan fingerprint density at radius 2 is 1.97 bits per heavy atom. The summed E-state index contributed by atoms with van der Waals surface area (Å²) in [6, 6.07) is 5.67. The molecule has 188 valence electrons. The maximum Gasteiger partial charge on any atom is 0.387 e. The quantitative estimate of drug-likeness (QED) is 0.476. The van der Waals surface area contributed by atoms with Gasteiger partial charge in [-0.3, -0.25) is 0 Å². The first-order valence-electron chi connectivity index (χ1n) is 10.7.